The van der Waals surface area contributed by atoms with E-state index >= 15 is 0 Å². The fraction of sp³-hybridized carbons (Fsp3) is 0.167. The van der Waals surface area contributed by atoms with E-state index in [-0.39, 0.29) is 24.6 Å². The van der Waals surface area contributed by atoms with Gasteiger partial charge >= 0.3 is 0 Å². The van der Waals surface area contributed by atoms with Gasteiger partial charge in [-0.3, -0.25) is 9.59 Å². The third-order valence-electron chi connectivity index (χ3n) is 3.39. The first-order chi connectivity index (χ1) is 12.0. The van der Waals surface area contributed by atoms with Crippen LogP contribution in [0.25, 0.3) is 0 Å². The highest BCUT2D eigenvalue weighted by atomic mass is 35.5. The van der Waals surface area contributed by atoms with Gasteiger partial charge in [0.25, 0.3) is 0 Å². The molecule has 25 heavy (non-hydrogen) atoms. The first-order valence-corrected chi connectivity index (χ1v) is 7.96. The molecule has 0 unspecified atom stereocenters. The van der Waals surface area contributed by atoms with E-state index in [1.807, 2.05) is 0 Å². The van der Waals surface area contributed by atoms with Crippen LogP contribution in [-0.4, -0.2) is 18.0 Å². The fourth-order valence-electron chi connectivity index (χ4n) is 1.97. The molecule has 0 saturated carbocycles. The molecular formula is C18H17ClFN3O2. The van der Waals surface area contributed by atoms with Crippen LogP contribution in [0.4, 0.5) is 10.1 Å². The molecule has 7 heteroatoms. The standard InChI is InChI=1S/C18H17ClFN3O2/c1-12-15(19)3-2-4-16(12)22-17(24)9-10-18(25)23-21-11-13-5-7-14(20)8-6-13/h2-8,11H,9-10H2,1H3,(H,22,24)(H,23,25)/b21-11-. The van der Waals surface area contributed by atoms with Crippen molar-refractivity contribution in [3.05, 3.63) is 64.4 Å². The zero-order valence-electron chi connectivity index (χ0n) is 13.6. The number of amides is 2. The van der Waals surface area contributed by atoms with Gasteiger partial charge in [-0.15, -0.1) is 0 Å². The predicted molar refractivity (Wildman–Crippen MR) is 96.2 cm³/mol. The Morgan fingerprint density at radius 1 is 1.12 bits per heavy atom. The first kappa shape index (κ1) is 18.6. The van der Waals surface area contributed by atoms with Gasteiger partial charge in [-0.25, -0.2) is 9.82 Å². The number of nitrogens with zero attached hydrogens (tertiary/aromatic N) is 1. The van der Waals surface area contributed by atoms with Crippen LogP contribution in [0.15, 0.2) is 47.6 Å². The number of halogens is 2. The third kappa shape index (κ3) is 6.00. The fourth-order valence-corrected chi connectivity index (χ4v) is 2.14. The number of hydrogen-bond acceptors (Lipinski definition) is 3. The number of anilines is 1. The topological polar surface area (TPSA) is 70.6 Å². The lowest BCUT2D eigenvalue weighted by Crippen LogP contribution is -2.20. The Hall–Kier alpha value is -2.73. The minimum absolute atomic E-state index is 0.00773. The van der Waals surface area contributed by atoms with E-state index in [1.165, 1.54) is 30.5 Å². The average Bonchev–Trinajstić information content (AvgIpc) is 2.59. The van der Waals surface area contributed by atoms with Crippen molar-refractivity contribution in [2.24, 2.45) is 5.10 Å². The normalized spacial score (nSPS) is 10.7. The molecule has 0 heterocycles. The monoisotopic (exact) mass is 361 g/mol. The van der Waals surface area contributed by atoms with Crippen molar-refractivity contribution < 1.29 is 14.0 Å². The molecule has 2 amide bonds. The maximum absolute atomic E-state index is 12.8. The van der Waals surface area contributed by atoms with Gasteiger partial charge in [0.2, 0.25) is 11.8 Å². The Labute approximate surface area is 149 Å². The molecule has 0 aromatic heterocycles. The highest BCUT2D eigenvalue weighted by Crippen LogP contribution is 2.23. The third-order valence-corrected chi connectivity index (χ3v) is 3.80. The van der Waals surface area contributed by atoms with E-state index in [1.54, 1.807) is 25.1 Å². The van der Waals surface area contributed by atoms with Crippen LogP contribution in [0, 0.1) is 12.7 Å². The Morgan fingerprint density at radius 3 is 2.52 bits per heavy atom. The number of benzene rings is 2. The van der Waals surface area contributed by atoms with Crippen LogP contribution in [0.5, 0.6) is 0 Å². The molecule has 0 fully saturated rings. The minimum atomic E-state index is -0.392. The van der Waals surface area contributed by atoms with Crippen LogP contribution in [-0.2, 0) is 9.59 Å². The number of carbonyl (C=O) groups is 2. The largest absolute Gasteiger partial charge is 0.326 e. The summed E-state index contributed by atoms with van der Waals surface area (Å²) in [5.41, 5.74) is 4.36. The summed E-state index contributed by atoms with van der Waals surface area (Å²) in [6, 6.07) is 10.9. The summed E-state index contributed by atoms with van der Waals surface area (Å²) in [5, 5.41) is 7.04. The summed E-state index contributed by atoms with van der Waals surface area (Å²) in [4.78, 5) is 23.6. The second kappa shape index (κ2) is 8.94. The Kier molecular flexibility index (Phi) is 6.65. The smallest absolute Gasteiger partial charge is 0.240 e. The molecule has 2 N–H and O–H groups in total. The number of nitrogens with one attached hydrogen (secondary N) is 2. The lowest BCUT2D eigenvalue weighted by Gasteiger charge is -2.09. The summed E-state index contributed by atoms with van der Waals surface area (Å²) < 4.78 is 12.8. The molecule has 0 bridgehead atoms. The minimum Gasteiger partial charge on any atom is -0.326 e. The Balaban J connectivity index is 1.76. The van der Waals surface area contributed by atoms with Crippen molar-refractivity contribution in [2.45, 2.75) is 19.8 Å². The summed E-state index contributed by atoms with van der Waals surface area (Å²) >= 11 is 5.99. The van der Waals surface area contributed by atoms with Crippen molar-refractivity contribution in [1.29, 1.82) is 0 Å². The molecule has 0 aliphatic carbocycles. The van der Waals surface area contributed by atoms with Crippen molar-refractivity contribution in [3.63, 3.8) is 0 Å². The maximum atomic E-state index is 12.8. The zero-order valence-corrected chi connectivity index (χ0v) is 14.3. The number of carbonyl (C=O) groups excluding carboxylic acids is 2. The van der Waals surface area contributed by atoms with E-state index in [0.717, 1.165) is 5.56 Å². The highest BCUT2D eigenvalue weighted by Gasteiger charge is 2.09. The van der Waals surface area contributed by atoms with Crippen molar-refractivity contribution in [3.8, 4) is 0 Å². The molecule has 2 aromatic carbocycles. The van der Waals surface area contributed by atoms with E-state index in [2.05, 4.69) is 15.8 Å². The number of hydrogen-bond donors (Lipinski definition) is 2. The van der Waals surface area contributed by atoms with Crippen LogP contribution < -0.4 is 10.7 Å². The second-order valence-corrected chi connectivity index (χ2v) is 5.71. The zero-order chi connectivity index (χ0) is 18.2. The SMILES string of the molecule is Cc1c(Cl)cccc1NC(=O)CCC(=O)N/N=C\c1ccc(F)cc1. The molecule has 2 rings (SSSR count). The maximum Gasteiger partial charge on any atom is 0.240 e. The molecule has 0 spiro atoms. The average molecular weight is 362 g/mol. The lowest BCUT2D eigenvalue weighted by molar-refractivity contribution is -0.124. The van der Waals surface area contributed by atoms with E-state index < -0.39 is 5.91 Å². The van der Waals surface area contributed by atoms with Gasteiger partial charge in [0.15, 0.2) is 0 Å². The molecule has 0 aliphatic heterocycles. The van der Waals surface area contributed by atoms with Crippen LogP contribution in [0.1, 0.15) is 24.0 Å². The molecule has 0 atom stereocenters. The quantitative estimate of drug-likeness (QED) is 0.609. The van der Waals surface area contributed by atoms with Crippen molar-refractivity contribution >= 4 is 35.3 Å². The van der Waals surface area contributed by atoms with Gasteiger partial charge in [0.1, 0.15) is 5.82 Å². The van der Waals surface area contributed by atoms with Gasteiger partial charge in [-0.2, -0.15) is 5.10 Å². The molecule has 2 aromatic rings. The summed E-state index contributed by atoms with van der Waals surface area (Å²) in [6.07, 6.45) is 1.41. The van der Waals surface area contributed by atoms with Crippen molar-refractivity contribution in [1.82, 2.24) is 5.43 Å². The molecule has 5 nitrogen and oxygen atoms in total. The number of hydrazone groups is 1. The molecule has 0 saturated heterocycles. The molecule has 0 radical (unpaired) electrons. The molecule has 130 valence electrons. The summed E-state index contributed by atoms with van der Waals surface area (Å²) in [7, 11) is 0. The molecular weight excluding hydrogens is 345 g/mol. The van der Waals surface area contributed by atoms with E-state index in [9.17, 15) is 14.0 Å². The summed E-state index contributed by atoms with van der Waals surface area (Å²) in [5.74, 6) is -1.03. The van der Waals surface area contributed by atoms with E-state index in [0.29, 0.717) is 16.3 Å². The lowest BCUT2D eigenvalue weighted by atomic mass is 10.2. The molecule has 0 aliphatic rings. The van der Waals surface area contributed by atoms with Crippen LogP contribution in [0.2, 0.25) is 5.02 Å². The van der Waals surface area contributed by atoms with Gasteiger partial charge in [0.05, 0.1) is 6.21 Å². The van der Waals surface area contributed by atoms with Gasteiger partial charge in [-0.05, 0) is 42.3 Å². The van der Waals surface area contributed by atoms with Crippen molar-refractivity contribution in [2.75, 3.05) is 5.32 Å². The van der Waals surface area contributed by atoms with Gasteiger partial charge in [-0.1, -0.05) is 29.8 Å². The second-order valence-electron chi connectivity index (χ2n) is 5.31. The Morgan fingerprint density at radius 2 is 1.80 bits per heavy atom. The van der Waals surface area contributed by atoms with Gasteiger partial charge in [0, 0.05) is 23.6 Å². The van der Waals surface area contributed by atoms with E-state index in [4.69, 9.17) is 11.6 Å². The summed E-state index contributed by atoms with van der Waals surface area (Å²) in [6.45, 7) is 1.80. The highest BCUT2D eigenvalue weighted by molar-refractivity contribution is 6.31. The van der Waals surface area contributed by atoms with Crippen LogP contribution in [0.3, 0.4) is 0 Å². The Bertz CT molecular complexity index is 791. The predicted octanol–water partition coefficient (Wildman–Crippen LogP) is 3.66. The van der Waals surface area contributed by atoms with Crippen LogP contribution >= 0.6 is 11.6 Å². The number of rotatable bonds is 6. The first-order valence-electron chi connectivity index (χ1n) is 7.58. The van der Waals surface area contributed by atoms with Gasteiger partial charge < -0.3 is 5.32 Å².